The molecule has 4 heteroatoms. The zero-order valence-electron chi connectivity index (χ0n) is 9.20. The molecule has 3 N–H and O–H groups in total. The second-order valence-electron chi connectivity index (χ2n) is 4.18. The number of hydrogen-bond donors (Lipinski definition) is 2. The fourth-order valence-electron chi connectivity index (χ4n) is 1.79. The van der Waals surface area contributed by atoms with E-state index in [1.165, 1.54) is 0 Å². The number of terminal acetylenes is 1. The minimum absolute atomic E-state index is 0.137. The van der Waals surface area contributed by atoms with E-state index in [2.05, 4.69) is 23.2 Å². The van der Waals surface area contributed by atoms with E-state index in [0.717, 1.165) is 19.5 Å². The lowest BCUT2D eigenvalue weighted by Gasteiger charge is -2.13. The molecule has 1 rings (SSSR count). The van der Waals surface area contributed by atoms with Gasteiger partial charge in [-0.2, -0.15) is 0 Å². The predicted octanol–water partition coefficient (Wildman–Crippen LogP) is -0.595. The van der Waals surface area contributed by atoms with Crippen molar-refractivity contribution in [1.82, 2.24) is 10.2 Å². The highest BCUT2D eigenvalue weighted by Crippen LogP contribution is 2.12. The van der Waals surface area contributed by atoms with Crippen LogP contribution in [0.5, 0.6) is 0 Å². The van der Waals surface area contributed by atoms with Crippen molar-refractivity contribution in [2.45, 2.75) is 18.9 Å². The molecular weight excluding hydrogens is 190 g/mol. The lowest BCUT2D eigenvalue weighted by atomic mass is 10.1. The number of amides is 1. The fourth-order valence-corrected chi connectivity index (χ4v) is 1.79. The summed E-state index contributed by atoms with van der Waals surface area (Å²) in [5, 5.41) is 2.84. The first-order valence-electron chi connectivity index (χ1n) is 5.28. The third-order valence-electron chi connectivity index (χ3n) is 2.73. The molecule has 1 amide bonds. The van der Waals surface area contributed by atoms with Gasteiger partial charge in [-0.1, -0.05) is 0 Å². The Morgan fingerprint density at radius 2 is 2.53 bits per heavy atom. The van der Waals surface area contributed by atoms with Gasteiger partial charge in [0.05, 0.1) is 6.04 Å². The molecule has 0 radical (unpaired) electrons. The first-order chi connectivity index (χ1) is 7.13. The van der Waals surface area contributed by atoms with Crippen molar-refractivity contribution in [3.05, 3.63) is 0 Å². The highest BCUT2D eigenvalue weighted by Gasteiger charge is 2.20. The normalized spacial score (nSPS) is 23.4. The van der Waals surface area contributed by atoms with Crippen molar-refractivity contribution < 1.29 is 4.79 Å². The maximum absolute atomic E-state index is 11.4. The second kappa shape index (κ2) is 5.74. The van der Waals surface area contributed by atoms with Gasteiger partial charge in [0, 0.05) is 19.5 Å². The lowest BCUT2D eigenvalue weighted by Crippen LogP contribution is -2.42. The Kier molecular flexibility index (Phi) is 4.60. The van der Waals surface area contributed by atoms with E-state index in [-0.39, 0.29) is 5.91 Å². The maximum Gasteiger partial charge on any atom is 0.237 e. The third kappa shape index (κ3) is 3.90. The number of nitrogens with zero attached hydrogens (tertiary/aromatic N) is 1. The molecule has 84 valence electrons. The lowest BCUT2D eigenvalue weighted by molar-refractivity contribution is -0.122. The summed E-state index contributed by atoms with van der Waals surface area (Å²) in [6.07, 6.45) is 6.53. The van der Waals surface area contributed by atoms with E-state index in [1.54, 1.807) is 0 Å². The van der Waals surface area contributed by atoms with Gasteiger partial charge < -0.3 is 16.0 Å². The van der Waals surface area contributed by atoms with E-state index < -0.39 is 6.04 Å². The minimum Gasteiger partial charge on any atom is -0.354 e. The smallest absolute Gasteiger partial charge is 0.237 e. The van der Waals surface area contributed by atoms with Crippen LogP contribution < -0.4 is 11.1 Å². The Labute approximate surface area is 91.2 Å². The zero-order valence-corrected chi connectivity index (χ0v) is 9.20. The Bertz CT molecular complexity index is 259. The standard InChI is InChI=1S/C11H19N3O/c1-3-4-10(12)11(15)13-7-9-5-6-14(2)8-9/h1,9-10H,4-8,12H2,2H3,(H,13,15). The Morgan fingerprint density at radius 1 is 1.80 bits per heavy atom. The van der Waals surface area contributed by atoms with Gasteiger partial charge in [-0.15, -0.1) is 12.3 Å². The molecule has 2 atom stereocenters. The summed E-state index contributed by atoms with van der Waals surface area (Å²) in [5.74, 6) is 2.81. The molecule has 1 heterocycles. The van der Waals surface area contributed by atoms with E-state index in [9.17, 15) is 4.79 Å². The van der Waals surface area contributed by atoms with Crippen LogP contribution in [0.3, 0.4) is 0 Å². The summed E-state index contributed by atoms with van der Waals surface area (Å²) in [4.78, 5) is 13.7. The molecule has 0 aromatic heterocycles. The topological polar surface area (TPSA) is 58.4 Å². The molecule has 0 spiro atoms. The monoisotopic (exact) mass is 209 g/mol. The predicted molar refractivity (Wildman–Crippen MR) is 60.0 cm³/mol. The van der Waals surface area contributed by atoms with Gasteiger partial charge in [-0.3, -0.25) is 4.79 Å². The van der Waals surface area contributed by atoms with Gasteiger partial charge in [-0.25, -0.2) is 0 Å². The van der Waals surface area contributed by atoms with E-state index in [4.69, 9.17) is 12.2 Å². The van der Waals surface area contributed by atoms with Crippen molar-refractivity contribution in [1.29, 1.82) is 0 Å². The van der Waals surface area contributed by atoms with Crippen molar-refractivity contribution in [2.75, 3.05) is 26.7 Å². The molecular formula is C11H19N3O. The van der Waals surface area contributed by atoms with E-state index in [1.807, 2.05) is 0 Å². The summed E-state index contributed by atoms with van der Waals surface area (Å²) in [7, 11) is 2.09. The van der Waals surface area contributed by atoms with Gasteiger partial charge in [0.2, 0.25) is 5.91 Å². The van der Waals surface area contributed by atoms with Crippen LogP contribution in [0.1, 0.15) is 12.8 Å². The Hall–Kier alpha value is -1.05. The molecule has 4 nitrogen and oxygen atoms in total. The van der Waals surface area contributed by atoms with Gasteiger partial charge in [0.1, 0.15) is 0 Å². The number of carbonyl (C=O) groups excluding carboxylic acids is 1. The van der Waals surface area contributed by atoms with Crippen LogP contribution in [0.2, 0.25) is 0 Å². The van der Waals surface area contributed by atoms with Crippen molar-refractivity contribution >= 4 is 5.91 Å². The summed E-state index contributed by atoms with van der Waals surface area (Å²) in [6.45, 7) is 2.86. The SMILES string of the molecule is C#CCC(N)C(=O)NCC1CCN(C)C1. The minimum atomic E-state index is -0.561. The molecule has 0 aromatic rings. The van der Waals surface area contributed by atoms with Crippen LogP contribution in [0, 0.1) is 18.3 Å². The Morgan fingerprint density at radius 3 is 3.07 bits per heavy atom. The fraction of sp³-hybridized carbons (Fsp3) is 0.727. The largest absolute Gasteiger partial charge is 0.354 e. The van der Waals surface area contributed by atoms with E-state index in [0.29, 0.717) is 18.9 Å². The molecule has 15 heavy (non-hydrogen) atoms. The van der Waals surface area contributed by atoms with Crippen molar-refractivity contribution in [3.63, 3.8) is 0 Å². The average Bonchev–Trinajstić information content (AvgIpc) is 2.61. The molecule has 0 saturated carbocycles. The summed E-state index contributed by atoms with van der Waals surface area (Å²) in [5.41, 5.74) is 5.57. The summed E-state index contributed by atoms with van der Waals surface area (Å²) in [6, 6.07) is -0.561. The molecule has 0 aliphatic carbocycles. The number of carbonyl (C=O) groups is 1. The maximum atomic E-state index is 11.4. The van der Waals surface area contributed by atoms with Gasteiger partial charge in [0.25, 0.3) is 0 Å². The van der Waals surface area contributed by atoms with Crippen LogP contribution in [-0.2, 0) is 4.79 Å². The highest BCUT2D eigenvalue weighted by molar-refractivity contribution is 5.81. The molecule has 1 aliphatic heterocycles. The van der Waals surface area contributed by atoms with Crippen LogP contribution in [-0.4, -0.2) is 43.5 Å². The molecule has 1 aliphatic rings. The number of nitrogens with two attached hydrogens (primary N) is 1. The first-order valence-corrected chi connectivity index (χ1v) is 5.28. The number of likely N-dealkylation sites (tertiary alicyclic amines) is 1. The number of rotatable bonds is 4. The molecule has 1 fully saturated rings. The van der Waals surface area contributed by atoms with Gasteiger partial charge >= 0.3 is 0 Å². The second-order valence-corrected chi connectivity index (χ2v) is 4.18. The third-order valence-corrected chi connectivity index (χ3v) is 2.73. The quantitative estimate of drug-likeness (QED) is 0.608. The van der Waals surface area contributed by atoms with Gasteiger partial charge in [0.15, 0.2) is 0 Å². The molecule has 0 aromatic carbocycles. The van der Waals surface area contributed by atoms with Crippen LogP contribution in [0.15, 0.2) is 0 Å². The van der Waals surface area contributed by atoms with E-state index >= 15 is 0 Å². The van der Waals surface area contributed by atoms with Crippen molar-refractivity contribution in [3.8, 4) is 12.3 Å². The first kappa shape index (κ1) is 12.0. The zero-order chi connectivity index (χ0) is 11.3. The van der Waals surface area contributed by atoms with Crippen LogP contribution in [0.25, 0.3) is 0 Å². The molecule has 2 unspecified atom stereocenters. The molecule has 0 bridgehead atoms. The van der Waals surface area contributed by atoms with Crippen LogP contribution in [0.4, 0.5) is 0 Å². The van der Waals surface area contributed by atoms with Crippen LogP contribution >= 0.6 is 0 Å². The van der Waals surface area contributed by atoms with Gasteiger partial charge in [-0.05, 0) is 25.9 Å². The number of nitrogens with one attached hydrogen (secondary N) is 1. The summed E-state index contributed by atoms with van der Waals surface area (Å²) >= 11 is 0. The average molecular weight is 209 g/mol. The Balaban J connectivity index is 2.20. The van der Waals surface area contributed by atoms with Crippen molar-refractivity contribution in [2.24, 2.45) is 11.7 Å². The highest BCUT2D eigenvalue weighted by atomic mass is 16.2. The summed E-state index contributed by atoms with van der Waals surface area (Å²) < 4.78 is 0. The number of hydrogen-bond acceptors (Lipinski definition) is 3. The molecule has 1 saturated heterocycles.